The Bertz CT molecular complexity index is 476. The molecule has 3 nitrogen and oxygen atoms in total. The predicted octanol–water partition coefficient (Wildman–Crippen LogP) is 2.28. The molecule has 0 aliphatic heterocycles. The highest BCUT2D eigenvalue weighted by Gasteiger charge is 2.11. The van der Waals surface area contributed by atoms with Crippen LogP contribution in [0.15, 0.2) is 18.2 Å². The summed E-state index contributed by atoms with van der Waals surface area (Å²) in [6.45, 7) is 4.65. The van der Waals surface area contributed by atoms with E-state index < -0.39 is 0 Å². The Balaban J connectivity index is 2.58. The molecule has 1 aromatic carbocycles. The van der Waals surface area contributed by atoms with Crippen LogP contribution in [0.2, 0.25) is 0 Å². The zero-order chi connectivity index (χ0) is 10.8. The molecule has 0 fully saturated rings. The Hall–Kier alpha value is -1.26. The minimum atomic E-state index is 0.500. The Kier molecular flexibility index (Phi) is 2.79. The maximum atomic E-state index is 5.65. The lowest BCUT2D eigenvalue weighted by molar-refractivity contribution is 1.08. The quantitative estimate of drug-likeness (QED) is 0.843. The lowest BCUT2D eigenvalue weighted by Gasteiger charge is -2.05. The molecule has 0 aliphatic carbocycles. The Labute approximate surface area is 93.1 Å². The van der Waals surface area contributed by atoms with Gasteiger partial charge in [-0.05, 0) is 37.0 Å². The summed E-state index contributed by atoms with van der Waals surface area (Å²) in [5, 5.41) is 4.15. The first kappa shape index (κ1) is 10.3. The average molecular weight is 219 g/mol. The molecule has 0 aliphatic rings. The van der Waals surface area contributed by atoms with Gasteiger partial charge in [0.05, 0.1) is 4.88 Å². The molecule has 4 heteroatoms. The molecule has 1 heterocycles. The maximum absolute atomic E-state index is 5.65. The number of rotatable bonds is 2. The van der Waals surface area contributed by atoms with E-state index in [1.54, 1.807) is 0 Å². The highest BCUT2D eigenvalue weighted by molar-refractivity contribution is 7.05. The second-order valence-corrected chi connectivity index (χ2v) is 4.41. The first-order valence-corrected chi connectivity index (χ1v) is 5.58. The van der Waals surface area contributed by atoms with E-state index in [2.05, 4.69) is 41.6 Å². The lowest BCUT2D eigenvalue weighted by atomic mass is 10.0. The second-order valence-electron chi connectivity index (χ2n) is 3.57. The largest absolute Gasteiger partial charge is 0.326 e. The monoisotopic (exact) mass is 219 g/mol. The molecule has 0 atom stereocenters. The summed E-state index contributed by atoms with van der Waals surface area (Å²) in [6, 6.07) is 6.33. The molecule has 2 N–H and O–H groups in total. The Morgan fingerprint density at radius 1 is 1.33 bits per heavy atom. The van der Waals surface area contributed by atoms with E-state index in [4.69, 9.17) is 5.73 Å². The molecule has 0 amide bonds. The van der Waals surface area contributed by atoms with Gasteiger partial charge >= 0.3 is 0 Å². The minimum Gasteiger partial charge on any atom is -0.326 e. The van der Waals surface area contributed by atoms with Crippen molar-refractivity contribution in [2.24, 2.45) is 5.73 Å². The lowest BCUT2D eigenvalue weighted by Crippen LogP contribution is -1.96. The summed E-state index contributed by atoms with van der Waals surface area (Å²) in [7, 11) is 0. The zero-order valence-corrected chi connectivity index (χ0v) is 9.64. The van der Waals surface area contributed by atoms with E-state index in [-0.39, 0.29) is 0 Å². The molecule has 0 spiro atoms. The molecule has 2 aromatic rings. The summed E-state index contributed by atoms with van der Waals surface area (Å²) < 4.78 is 3.95. The summed E-state index contributed by atoms with van der Waals surface area (Å²) >= 11 is 1.37. The van der Waals surface area contributed by atoms with Crippen molar-refractivity contribution in [2.45, 2.75) is 20.4 Å². The van der Waals surface area contributed by atoms with Crippen LogP contribution in [0.25, 0.3) is 11.3 Å². The van der Waals surface area contributed by atoms with Crippen LogP contribution in [-0.4, -0.2) is 9.59 Å². The zero-order valence-electron chi connectivity index (χ0n) is 8.82. The van der Waals surface area contributed by atoms with Crippen molar-refractivity contribution in [2.75, 3.05) is 0 Å². The van der Waals surface area contributed by atoms with Crippen LogP contribution in [0.3, 0.4) is 0 Å². The van der Waals surface area contributed by atoms with Gasteiger partial charge in [-0.2, -0.15) is 0 Å². The van der Waals surface area contributed by atoms with Crippen LogP contribution in [0.4, 0.5) is 0 Å². The van der Waals surface area contributed by atoms with E-state index in [1.165, 1.54) is 22.7 Å². The van der Waals surface area contributed by atoms with Crippen molar-refractivity contribution < 1.29 is 0 Å². The minimum absolute atomic E-state index is 0.500. The Morgan fingerprint density at radius 3 is 2.87 bits per heavy atom. The van der Waals surface area contributed by atoms with Crippen LogP contribution in [0.5, 0.6) is 0 Å². The number of nitrogens with two attached hydrogens (primary N) is 1. The fourth-order valence-corrected chi connectivity index (χ4v) is 2.07. The highest BCUT2D eigenvalue weighted by Crippen LogP contribution is 2.27. The van der Waals surface area contributed by atoms with Gasteiger partial charge in [0.2, 0.25) is 0 Å². The van der Waals surface area contributed by atoms with Gasteiger partial charge in [-0.3, -0.25) is 0 Å². The predicted molar refractivity (Wildman–Crippen MR) is 62.7 cm³/mol. The van der Waals surface area contributed by atoms with E-state index in [1.807, 2.05) is 0 Å². The number of benzene rings is 1. The van der Waals surface area contributed by atoms with Crippen molar-refractivity contribution in [1.82, 2.24) is 9.59 Å². The standard InChI is InChI=1S/C11H13N3S/c1-7-3-4-8(2)9(5-7)11-10(6-12)15-14-13-11/h3-5H,6,12H2,1-2H3. The van der Waals surface area contributed by atoms with Crippen LogP contribution in [0.1, 0.15) is 16.0 Å². The average Bonchev–Trinajstić information content (AvgIpc) is 2.69. The van der Waals surface area contributed by atoms with E-state index >= 15 is 0 Å². The molecule has 0 bridgehead atoms. The normalized spacial score (nSPS) is 10.6. The fourth-order valence-electron chi connectivity index (χ4n) is 1.54. The molecule has 0 radical (unpaired) electrons. The number of nitrogens with zero attached hydrogens (tertiary/aromatic N) is 2. The van der Waals surface area contributed by atoms with Gasteiger partial charge in [0.15, 0.2) is 0 Å². The first-order chi connectivity index (χ1) is 7.22. The molecule has 78 valence electrons. The molecule has 2 rings (SSSR count). The van der Waals surface area contributed by atoms with Crippen LogP contribution in [0, 0.1) is 13.8 Å². The molecule has 0 saturated heterocycles. The molecule has 0 saturated carbocycles. The smallest absolute Gasteiger partial charge is 0.110 e. The third-order valence-corrected chi connectivity index (χ3v) is 3.13. The van der Waals surface area contributed by atoms with Crippen molar-refractivity contribution in [1.29, 1.82) is 0 Å². The number of aromatic nitrogens is 2. The summed E-state index contributed by atoms with van der Waals surface area (Å²) in [4.78, 5) is 1.05. The van der Waals surface area contributed by atoms with E-state index in [0.29, 0.717) is 6.54 Å². The summed E-state index contributed by atoms with van der Waals surface area (Å²) in [5.41, 5.74) is 10.2. The SMILES string of the molecule is Cc1ccc(C)c(-c2nnsc2CN)c1. The number of aryl methyl sites for hydroxylation is 2. The molecule has 1 aromatic heterocycles. The van der Waals surface area contributed by atoms with Crippen molar-refractivity contribution >= 4 is 11.5 Å². The number of hydrogen-bond donors (Lipinski definition) is 1. The Morgan fingerprint density at radius 2 is 2.13 bits per heavy atom. The summed E-state index contributed by atoms with van der Waals surface area (Å²) in [6.07, 6.45) is 0. The van der Waals surface area contributed by atoms with Gasteiger partial charge in [0, 0.05) is 12.1 Å². The topological polar surface area (TPSA) is 51.8 Å². The second kappa shape index (κ2) is 4.08. The van der Waals surface area contributed by atoms with E-state index in [0.717, 1.165) is 16.1 Å². The summed E-state index contributed by atoms with van der Waals surface area (Å²) in [5.74, 6) is 0. The van der Waals surface area contributed by atoms with Gasteiger partial charge in [0.1, 0.15) is 5.69 Å². The molecule has 0 unspecified atom stereocenters. The molecular weight excluding hydrogens is 206 g/mol. The van der Waals surface area contributed by atoms with Crippen LogP contribution in [-0.2, 0) is 6.54 Å². The van der Waals surface area contributed by atoms with Gasteiger partial charge in [0.25, 0.3) is 0 Å². The van der Waals surface area contributed by atoms with E-state index in [9.17, 15) is 0 Å². The highest BCUT2D eigenvalue weighted by atomic mass is 32.1. The number of hydrogen-bond acceptors (Lipinski definition) is 4. The van der Waals surface area contributed by atoms with Crippen molar-refractivity contribution in [3.63, 3.8) is 0 Å². The van der Waals surface area contributed by atoms with Crippen LogP contribution >= 0.6 is 11.5 Å². The third-order valence-electron chi connectivity index (χ3n) is 2.39. The third kappa shape index (κ3) is 1.91. The molecular formula is C11H13N3S. The van der Waals surface area contributed by atoms with Gasteiger partial charge in [-0.15, -0.1) is 5.10 Å². The fraction of sp³-hybridized carbons (Fsp3) is 0.273. The van der Waals surface area contributed by atoms with Gasteiger partial charge in [-0.1, -0.05) is 22.2 Å². The van der Waals surface area contributed by atoms with Crippen molar-refractivity contribution in [3.8, 4) is 11.3 Å². The van der Waals surface area contributed by atoms with Crippen LogP contribution < -0.4 is 5.73 Å². The maximum Gasteiger partial charge on any atom is 0.110 e. The van der Waals surface area contributed by atoms with Gasteiger partial charge < -0.3 is 5.73 Å². The first-order valence-electron chi connectivity index (χ1n) is 4.81. The van der Waals surface area contributed by atoms with Gasteiger partial charge in [-0.25, -0.2) is 0 Å². The van der Waals surface area contributed by atoms with Crippen molar-refractivity contribution in [3.05, 3.63) is 34.2 Å². The molecule has 15 heavy (non-hydrogen) atoms.